The third kappa shape index (κ3) is 5.27. The van der Waals surface area contributed by atoms with Crippen LogP contribution < -0.4 is 14.2 Å². The molecule has 0 fully saturated rings. The number of benzene rings is 3. The predicted octanol–water partition coefficient (Wildman–Crippen LogP) is 6.11. The van der Waals surface area contributed by atoms with E-state index in [1.807, 2.05) is 94.4 Å². The van der Waals surface area contributed by atoms with Gasteiger partial charge in [0.05, 0.1) is 6.21 Å². The molecule has 0 unspecified atom stereocenters. The highest BCUT2D eigenvalue weighted by molar-refractivity contribution is 7.52. The first-order chi connectivity index (χ1) is 13.9. The Balaban J connectivity index is 1.94. The molecule has 0 saturated carbocycles. The van der Waals surface area contributed by atoms with Crippen LogP contribution in [-0.4, -0.2) is 6.21 Å². The third-order valence-corrected chi connectivity index (χ3v) is 5.64. The van der Waals surface area contributed by atoms with Crippen molar-refractivity contribution in [2.75, 3.05) is 0 Å². The van der Waals surface area contributed by atoms with Crippen LogP contribution in [0, 0.1) is 27.7 Å². The molecular weight excluding hydrogens is 383 g/mol. The van der Waals surface area contributed by atoms with E-state index in [1.165, 1.54) is 0 Å². The lowest BCUT2D eigenvalue weighted by molar-refractivity contribution is 0.368. The highest BCUT2D eigenvalue weighted by atomic mass is 31.2. The van der Waals surface area contributed by atoms with E-state index in [9.17, 15) is 4.57 Å². The van der Waals surface area contributed by atoms with Crippen molar-refractivity contribution in [3.8, 4) is 11.5 Å². The largest absolute Gasteiger partial charge is 0.557 e. The van der Waals surface area contributed by atoms with Crippen molar-refractivity contribution in [2.45, 2.75) is 27.7 Å². The van der Waals surface area contributed by atoms with Crippen LogP contribution in [0.15, 0.2) is 71.8 Å². The maximum absolute atomic E-state index is 13.7. The van der Waals surface area contributed by atoms with Gasteiger partial charge in [0.15, 0.2) is 0 Å². The fourth-order valence-electron chi connectivity index (χ4n) is 2.90. The van der Waals surface area contributed by atoms with E-state index in [0.29, 0.717) is 11.5 Å². The number of nitrogens with zero attached hydrogens (tertiary/aromatic N) is 1. The highest BCUT2D eigenvalue weighted by Gasteiger charge is 2.31. The Bertz CT molecular complexity index is 967. The van der Waals surface area contributed by atoms with Crippen LogP contribution in [0.5, 0.6) is 11.5 Å². The summed E-state index contributed by atoms with van der Waals surface area (Å²) in [6.45, 7) is 7.61. The smallest absolute Gasteiger partial charge is 0.399 e. The molecular formula is C23H25N2O3P. The molecule has 0 atom stereocenters. The summed E-state index contributed by atoms with van der Waals surface area (Å²) in [6, 6.07) is 21.0. The maximum Gasteiger partial charge on any atom is 0.557 e. The van der Waals surface area contributed by atoms with Crippen LogP contribution in [0.25, 0.3) is 0 Å². The molecule has 0 aliphatic rings. The van der Waals surface area contributed by atoms with Gasteiger partial charge in [0.1, 0.15) is 11.5 Å². The van der Waals surface area contributed by atoms with Gasteiger partial charge < -0.3 is 9.05 Å². The Morgan fingerprint density at radius 1 is 0.724 bits per heavy atom. The second kappa shape index (κ2) is 8.97. The number of aryl methyl sites for hydroxylation is 4. The molecule has 3 rings (SSSR count). The van der Waals surface area contributed by atoms with Crippen LogP contribution in [-0.2, 0) is 4.57 Å². The van der Waals surface area contributed by atoms with Crippen LogP contribution in [0.1, 0.15) is 27.8 Å². The molecule has 6 heteroatoms. The van der Waals surface area contributed by atoms with Gasteiger partial charge in [-0.15, -0.1) is 0 Å². The first-order valence-corrected chi connectivity index (χ1v) is 10.9. The number of rotatable bonds is 7. The minimum atomic E-state index is -3.86. The minimum absolute atomic E-state index is 0.518. The van der Waals surface area contributed by atoms with Crippen LogP contribution in [0.4, 0.5) is 0 Å². The third-order valence-electron chi connectivity index (χ3n) is 4.43. The Labute approximate surface area is 172 Å². The van der Waals surface area contributed by atoms with E-state index in [4.69, 9.17) is 9.05 Å². The summed E-state index contributed by atoms with van der Waals surface area (Å²) in [5.41, 5.74) is 4.33. The predicted molar refractivity (Wildman–Crippen MR) is 118 cm³/mol. The number of hydrogen-bond donors (Lipinski definition) is 1. The second-order valence-electron chi connectivity index (χ2n) is 6.89. The van der Waals surface area contributed by atoms with Gasteiger partial charge in [-0.2, -0.15) is 10.3 Å². The molecule has 0 aromatic heterocycles. The number of nitrogens with one attached hydrogen (secondary N) is 1. The average Bonchev–Trinajstić information content (AvgIpc) is 2.69. The Kier molecular flexibility index (Phi) is 6.40. The van der Waals surface area contributed by atoms with Crippen LogP contribution >= 0.6 is 7.75 Å². The molecule has 3 aromatic carbocycles. The van der Waals surface area contributed by atoms with E-state index in [0.717, 1.165) is 27.8 Å². The second-order valence-corrected chi connectivity index (χ2v) is 8.45. The molecule has 0 aliphatic heterocycles. The summed E-state index contributed by atoms with van der Waals surface area (Å²) >= 11 is 0. The van der Waals surface area contributed by atoms with Crippen molar-refractivity contribution in [1.82, 2.24) is 5.20 Å². The highest BCUT2D eigenvalue weighted by Crippen LogP contribution is 2.48. The fourth-order valence-corrected chi connectivity index (χ4v) is 4.27. The number of hydrogen-bond acceptors (Lipinski definition) is 4. The van der Waals surface area contributed by atoms with E-state index in [-0.39, 0.29) is 0 Å². The maximum atomic E-state index is 13.7. The zero-order valence-corrected chi connectivity index (χ0v) is 17.9. The summed E-state index contributed by atoms with van der Waals surface area (Å²) in [4.78, 5) is 0. The Hall–Kier alpha value is -3.04. The number of para-hydroxylation sites is 2. The molecule has 1 N–H and O–H groups in total. The van der Waals surface area contributed by atoms with Gasteiger partial charge >= 0.3 is 7.75 Å². The van der Waals surface area contributed by atoms with Crippen LogP contribution in [0.2, 0.25) is 0 Å². The van der Waals surface area contributed by atoms with E-state index < -0.39 is 7.75 Å². The van der Waals surface area contributed by atoms with Gasteiger partial charge in [-0.1, -0.05) is 66.7 Å². The van der Waals surface area contributed by atoms with Crippen molar-refractivity contribution >= 4 is 14.0 Å². The molecule has 0 bridgehead atoms. The van der Waals surface area contributed by atoms with E-state index in [1.54, 1.807) is 6.21 Å². The zero-order valence-electron chi connectivity index (χ0n) is 17.0. The van der Waals surface area contributed by atoms with Crippen molar-refractivity contribution in [3.05, 3.63) is 94.5 Å². The summed E-state index contributed by atoms with van der Waals surface area (Å²) < 4.78 is 25.5. The molecule has 0 aliphatic carbocycles. The fraction of sp³-hybridized carbons (Fsp3) is 0.174. The lowest BCUT2D eigenvalue weighted by atomic mass is 10.1. The Morgan fingerprint density at radius 2 is 1.17 bits per heavy atom. The standard InChI is InChI=1S/C23H25N2O3P/c1-17-10-8-11-18(2)22(17)27-29(26,25-24-16-21-14-6-5-7-15-21)28-23-19(3)12-9-13-20(23)4/h5-16H,1-4H3,(H,25,26)/b24-16+. The molecule has 0 saturated heterocycles. The molecule has 5 nitrogen and oxygen atoms in total. The topological polar surface area (TPSA) is 59.9 Å². The van der Waals surface area contributed by atoms with Gasteiger partial charge in [-0.25, -0.2) is 4.57 Å². The lowest BCUT2D eigenvalue weighted by Gasteiger charge is -2.22. The normalized spacial score (nSPS) is 11.4. The van der Waals surface area contributed by atoms with Gasteiger partial charge in [0, 0.05) is 0 Å². The molecule has 0 radical (unpaired) electrons. The first-order valence-electron chi connectivity index (χ1n) is 9.35. The first kappa shape index (κ1) is 20.7. The van der Waals surface area contributed by atoms with Gasteiger partial charge in [-0.05, 0) is 55.5 Å². The zero-order chi connectivity index (χ0) is 20.9. The van der Waals surface area contributed by atoms with Gasteiger partial charge in [0.2, 0.25) is 0 Å². The Morgan fingerprint density at radius 3 is 1.62 bits per heavy atom. The van der Waals surface area contributed by atoms with Crippen LogP contribution in [0.3, 0.4) is 0 Å². The van der Waals surface area contributed by atoms with Gasteiger partial charge in [0.25, 0.3) is 0 Å². The monoisotopic (exact) mass is 408 g/mol. The summed E-state index contributed by atoms with van der Waals surface area (Å²) in [7, 11) is -3.86. The van der Waals surface area contributed by atoms with E-state index >= 15 is 0 Å². The van der Waals surface area contributed by atoms with Crippen molar-refractivity contribution in [2.24, 2.45) is 5.10 Å². The molecule has 150 valence electrons. The SMILES string of the molecule is Cc1cccc(C)c1OP(=O)(N/N=C/c1ccccc1)Oc1c(C)cccc1C. The van der Waals surface area contributed by atoms with Crippen molar-refractivity contribution in [3.63, 3.8) is 0 Å². The minimum Gasteiger partial charge on any atom is -0.399 e. The quantitative estimate of drug-likeness (QED) is 0.291. The molecule has 3 aromatic rings. The molecule has 29 heavy (non-hydrogen) atoms. The lowest BCUT2D eigenvalue weighted by Crippen LogP contribution is -2.15. The average molecular weight is 408 g/mol. The number of hydrazone groups is 1. The summed E-state index contributed by atoms with van der Waals surface area (Å²) in [5.74, 6) is 1.04. The summed E-state index contributed by atoms with van der Waals surface area (Å²) in [6.07, 6.45) is 1.58. The van der Waals surface area contributed by atoms with Crippen molar-refractivity contribution in [1.29, 1.82) is 0 Å². The summed E-state index contributed by atoms with van der Waals surface area (Å²) in [5, 5.41) is 6.77. The molecule has 0 amide bonds. The molecule has 0 heterocycles. The molecule has 0 spiro atoms. The van der Waals surface area contributed by atoms with E-state index in [2.05, 4.69) is 10.3 Å². The van der Waals surface area contributed by atoms with Crippen molar-refractivity contribution < 1.29 is 13.6 Å². The van der Waals surface area contributed by atoms with Gasteiger partial charge in [-0.3, -0.25) is 0 Å².